The van der Waals surface area contributed by atoms with Crippen LogP contribution in [0.5, 0.6) is 0 Å². The smallest absolute Gasteiger partial charge is 0.0489 e. The van der Waals surface area contributed by atoms with Crippen molar-refractivity contribution in [2.45, 2.75) is 0 Å². The largest absolute Gasteiger partial charge is 0.344 e. The third-order valence-electron chi connectivity index (χ3n) is 5.24. The van der Waals surface area contributed by atoms with Gasteiger partial charge in [-0.3, -0.25) is 0 Å². The summed E-state index contributed by atoms with van der Waals surface area (Å²) in [5.41, 5.74) is 7.60. The van der Waals surface area contributed by atoms with E-state index in [9.17, 15) is 0 Å². The van der Waals surface area contributed by atoms with Gasteiger partial charge in [-0.2, -0.15) is 0 Å². The second-order valence-electron chi connectivity index (χ2n) is 6.72. The molecule has 0 radical (unpaired) electrons. The molecule has 5 rings (SSSR count). The van der Waals surface area contributed by atoms with E-state index in [2.05, 4.69) is 109 Å². The molecule has 0 aliphatic carbocycles. The molecule has 0 aliphatic rings. The Hall–Kier alpha value is -3.32. The van der Waals surface area contributed by atoms with Crippen LogP contribution >= 0.6 is 0 Å². The van der Waals surface area contributed by atoms with Crippen LogP contribution in [0.25, 0.3) is 44.1 Å². The summed E-state index contributed by atoms with van der Waals surface area (Å²) < 4.78 is 2.28. The lowest BCUT2D eigenvalue weighted by Gasteiger charge is -2.10. The highest BCUT2D eigenvalue weighted by Crippen LogP contribution is 2.36. The number of rotatable bonds is 2. The molecule has 124 valence electrons. The zero-order valence-electron chi connectivity index (χ0n) is 14.7. The Balaban J connectivity index is 1.78. The third-order valence-corrected chi connectivity index (χ3v) is 5.24. The Bertz CT molecular complexity index is 1230. The van der Waals surface area contributed by atoms with Crippen molar-refractivity contribution >= 4 is 21.8 Å². The van der Waals surface area contributed by atoms with Crippen molar-refractivity contribution in [2.75, 3.05) is 0 Å². The molecule has 0 spiro atoms. The van der Waals surface area contributed by atoms with Gasteiger partial charge < -0.3 is 4.57 Å². The fraction of sp³-hybridized carbons (Fsp3) is 0.0400. The summed E-state index contributed by atoms with van der Waals surface area (Å²) >= 11 is 0. The van der Waals surface area contributed by atoms with E-state index in [-0.39, 0.29) is 0 Å². The van der Waals surface area contributed by atoms with E-state index in [1.54, 1.807) is 0 Å². The lowest BCUT2D eigenvalue weighted by molar-refractivity contribution is 1.01. The molecule has 1 aromatic heterocycles. The van der Waals surface area contributed by atoms with Gasteiger partial charge in [-0.15, -0.1) is 0 Å². The van der Waals surface area contributed by atoms with Gasteiger partial charge in [-0.1, -0.05) is 78.9 Å². The molecule has 5 aromatic rings. The fourth-order valence-corrected chi connectivity index (χ4v) is 3.94. The molecule has 26 heavy (non-hydrogen) atoms. The predicted octanol–water partition coefficient (Wildman–Crippen LogP) is 6.67. The van der Waals surface area contributed by atoms with Gasteiger partial charge in [0.1, 0.15) is 0 Å². The van der Waals surface area contributed by atoms with Gasteiger partial charge in [0.05, 0.1) is 0 Å². The van der Waals surface area contributed by atoms with Crippen molar-refractivity contribution in [3.05, 3.63) is 97.1 Å². The topological polar surface area (TPSA) is 4.93 Å². The monoisotopic (exact) mass is 333 g/mol. The standard InChI is InChI=1S/C25H19N/c1-26-24-14-8-7-13-22(24)23-17-19(15-16-25(23)26)21-12-6-5-11-20(21)18-9-3-2-4-10-18/h2-17H,1H3. The zero-order chi connectivity index (χ0) is 17.5. The molecule has 0 saturated carbocycles. The Labute approximate surface area is 153 Å². The summed E-state index contributed by atoms with van der Waals surface area (Å²) in [4.78, 5) is 0. The highest BCUT2D eigenvalue weighted by atomic mass is 14.9. The van der Waals surface area contributed by atoms with Gasteiger partial charge in [0, 0.05) is 28.9 Å². The molecule has 0 N–H and O–H groups in total. The van der Waals surface area contributed by atoms with Gasteiger partial charge in [0.15, 0.2) is 0 Å². The summed E-state index contributed by atoms with van der Waals surface area (Å²) in [6.45, 7) is 0. The first-order chi connectivity index (χ1) is 12.8. The molecule has 0 bridgehead atoms. The van der Waals surface area contributed by atoms with Crippen LogP contribution in [-0.2, 0) is 7.05 Å². The summed E-state index contributed by atoms with van der Waals surface area (Å²) in [5.74, 6) is 0. The number of fused-ring (bicyclic) bond motifs is 3. The first-order valence-electron chi connectivity index (χ1n) is 8.95. The Morgan fingerprint density at radius 1 is 0.500 bits per heavy atom. The SMILES string of the molecule is Cn1c2ccccc2c2cc(-c3ccccc3-c3ccccc3)ccc21. The molecule has 0 saturated heterocycles. The predicted molar refractivity (Wildman–Crippen MR) is 111 cm³/mol. The van der Waals surface area contributed by atoms with Crippen molar-refractivity contribution in [2.24, 2.45) is 7.05 Å². The summed E-state index contributed by atoms with van der Waals surface area (Å²) in [6.07, 6.45) is 0. The van der Waals surface area contributed by atoms with Gasteiger partial charge in [-0.05, 0) is 40.5 Å². The van der Waals surface area contributed by atoms with Crippen LogP contribution in [0.2, 0.25) is 0 Å². The second-order valence-corrected chi connectivity index (χ2v) is 6.72. The number of aryl methyl sites for hydroxylation is 1. The molecular weight excluding hydrogens is 314 g/mol. The van der Waals surface area contributed by atoms with Crippen molar-refractivity contribution in [1.29, 1.82) is 0 Å². The molecule has 4 aromatic carbocycles. The summed E-state index contributed by atoms with van der Waals surface area (Å²) in [6, 6.07) is 34.7. The minimum atomic E-state index is 1.25. The highest BCUT2D eigenvalue weighted by molar-refractivity contribution is 6.09. The van der Waals surface area contributed by atoms with E-state index >= 15 is 0 Å². The minimum Gasteiger partial charge on any atom is -0.344 e. The van der Waals surface area contributed by atoms with Crippen LogP contribution < -0.4 is 0 Å². The van der Waals surface area contributed by atoms with Crippen molar-refractivity contribution in [1.82, 2.24) is 4.57 Å². The molecule has 0 atom stereocenters. The molecule has 0 fully saturated rings. The van der Waals surface area contributed by atoms with Crippen LogP contribution in [0, 0.1) is 0 Å². The van der Waals surface area contributed by atoms with Crippen LogP contribution in [0.1, 0.15) is 0 Å². The lowest BCUT2D eigenvalue weighted by Crippen LogP contribution is -1.87. The normalized spacial score (nSPS) is 11.3. The zero-order valence-corrected chi connectivity index (χ0v) is 14.7. The highest BCUT2D eigenvalue weighted by Gasteiger charge is 2.11. The van der Waals surface area contributed by atoms with Crippen LogP contribution in [0.3, 0.4) is 0 Å². The fourth-order valence-electron chi connectivity index (χ4n) is 3.94. The number of nitrogens with zero attached hydrogens (tertiary/aromatic N) is 1. The molecule has 0 unspecified atom stereocenters. The molecular formula is C25H19N. The molecule has 1 heteroatoms. The Morgan fingerprint density at radius 3 is 1.92 bits per heavy atom. The number of hydrogen-bond donors (Lipinski definition) is 0. The number of hydrogen-bond acceptors (Lipinski definition) is 0. The molecule has 0 amide bonds. The van der Waals surface area contributed by atoms with Crippen molar-refractivity contribution < 1.29 is 0 Å². The van der Waals surface area contributed by atoms with Crippen LogP contribution in [0.4, 0.5) is 0 Å². The average molecular weight is 333 g/mol. The van der Waals surface area contributed by atoms with E-state index in [0.717, 1.165) is 0 Å². The Kier molecular flexibility index (Phi) is 3.39. The van der Waals surface area contributed by atoms with Gasteiger partial charge in [-0.25, -0.2) is 0 Å². The van der Waals surface area contributed by atoms with E-state index in [1.165, 1.54) is 44.1 Å². The van der Waals surface area contributed by atoms with Crippen molar-refractivity contribution in [3.63, 3.8) is 0 Å². The lowest BCUT2D eigenvalue weighted by atomic mass is 9.94. The summed E-state index contributed by atoms with van der Waals surface area (Å²) in [5, 5.41) is 2.62. The van der Waals surface area contributed by atoms with Gasteiger partial charge in [0.25, 0.3) is 0 Å². The molecule has 0 aliphatic heterocycles. The van der Waals surface area contributed by atoms with E-state index in [0.29, 0.717) is 0 Å². The molecule has 1 nitrogen and oxygen atoms in total. The maximum atomic E-state index is 2.33. The van der Waals surface area contributed by atoms with E-state index in [1.807, 2.05) is 0 Å². The molecule has 1 heterocycles. The summed E-state index contributed by atoms with van der Waals surface area (Å²) in [7, 11) is 2.14. The van der Waals surface area contributed by atoms with Crippen LogP contribution in [0.15, 0.2) is 97.1 Å². The number of benzene rings is 4. The third kappa shape index (κ3) is 2.25. The van der Waals surface area contributed by atoms with Gasteiger partial charge in [0.2, 0.25) is 0 Å². The van der Waals surface area contributed by atoms with E-state index < -0.39 is 0 Å². The second kappa shape index (κ2) is 5.89. The minimum absolute atomic E-state index is 1.25. The maximum absolute atomic E-state index is 2.33. The van der Waals surface area contributed by atoms with E-state index in [4.69, 9.17) is 0 Å². The average Bonchev–Trinajstić information content (AvgIpc) is 3.01. The quantitative estimate of drug-likeness (QED) is 0.340. The number of aromatic nitrogens is 1. The maximum Gasteiger partial charge on any atom is 0.0489 e. The van der Waals surface area contributed by atoms with Crippen molar-refractivity contribution in [3.8, 4) is 22.3 Å². The first-order valence-corrected chi connectivity index (χ1v) is 8.95. The number of para-hydroxylation sites is 1. The van der Waals surface area contributed by atoms with Gasteiger partial charge >= 0.3 is 0 Å². The van der Waals surface area contributed by atoms with Crippen LogP contribution in [-0.4, -0.2) is 4.57 Å². The first kappa shape index (κ1) is 15.0. The Morgan fingerprint density at radius 2 is 1.12 bits per heavy atom.